The Labute approximate surface area is 214 Å². The van der Waals surface area contributed by atoms with Gasteiger partial charge in [-0.2, -0.15) is 0 Å². The van der Waals surface area contributed by atoms with Gasteiger partial charge in [0.1, 0.15) is 0 Å². The van der Waals surface area contributed by atoms with Crippen LogP contribution in [-0.2, 0) is 19.2 Å². The molecule has 0 aliphatic heterocycles. The molecule has 0 saturated carbocycles. The largest absolute Gasteiger partial charge is 0.481 e. The molecule has 8 N–H and O–H groups in total. The minimum Gasteiger partial charge on any atom is -0.481 e. The maximum Gasteiger partial charge on any atom is 0.300 e. The van der Waals surface area contributed by atoms with Crippen molar-refractivity contribution in [2.75, 3.05) is 13.1 Å². The van der Waals surface area contributed by atoms with Gasteiger partial charge in [0.15, 0.2) is 0 Å². The SMILES string of the molecule is CC(=O)O.CC(=O)O.CC(=O)O.CC(=O)O.NCCN.[K].[K]. The van der Waals surface area contributed by atoms with Crippen LogP contribution in [0.25, 0.3) is 0 Å². The molecule has 0 atom stereocenters. The second-order valence-corrected chi connectivity index (χ2v) is 2.65. The Balaban J connectivity index is -0.0000000250. The van der Waals surface area contributed by atoms with E-state index in [1.54, 1.807) is 0 Å². The molecule has 0 aliphatic carbocycles. The molecule has 0 unspecified atom stereocenters. The van der Waals surface area contributed by atoms with E-state index >= 15 is 0 Å². The minimum atomic E-state index is -0.833. The van der Waals surface area contributed by atoms with Crippen LogP contribution in [0.5, 0.6) is 0 Å². The third-order valence-corrected chi connectivity index (χ3v) is 0.167. The van der Waals surface area contributed by atoms with Crippen LogP contribution >= 0.6 is 0 Å². The first-order valence-electron chi connectivity index (χ1n) is 5.03. The number of hydrogen-bond acceptors (Lipinski definition) is 6. The van der Waals surface area contributed by atoms with Gasteiger partial charge in [-0.05, 0) is 0 Å². The molecule has 0 aromatic heterocycles. The standard InChI is InChI=1S/C2H8N2.4C2H4O2.2K/c3-1-2-4;4*1-2(3)4;;/h1-4H2;4*1H3,(H,3,4);;. The van der Waals surface area contributed by atoms with E-state index in [-0.39, 0.29) is 103 Å². The van der Waals surface area contributed by atoms with Gasteiger partial charge in [-0.3, -0.25) is 19.2 Å². The molecule has 0 aromatic carbocycles. The van der Waals surface area contributed by atoms with Gasteiger partial charge in [0.05, 0.1) is 0 Å². The fourth-order valence-corrected chi connectivity index (χ4v) is 0. The van der Waals surface area contributed by atoms with Crippen molar-refractivity contribution < 1.29 is 39.6 Å². The van der Waals surface area contributed by atoms with Crippen molar-refractivity contribution in [1.82, 2.24) is 0 Å². The van der Waals surface area contributed by atoms with Crippen molar-refractivity contribution in [1.29, 1.82) is 0 Å². The van der Waals surface area contributed by atoms with Crippen LogP contribution in [-0.4, -0.2) is 160 Å². The number of hydrogen-bond donors (Lipinski definition) is 6. The Morgan fingerprint density at radius 2 is 0.636 bits per heavy atom. The molecule has 124 valence electrons. The summed E-state index contributed by atoms with van der Waals surface area (Å²) in [5.74, 6) is -3.33. The number of carbonyl (C=O) groups is 4. The predicted octanol–water partition coefficient (Wildman–Crippen LogP) is -1.49. The van der Waals surface area contributed by atoms with E-state index in [0.717, 1.165) is 27.7 Å². The van der Waals surface area contributed by atoms with E-state index in [9.17, 15) is 0 Å². The zero-order valence-electron chi connectivity index (χ0n) is 14.0. The molecule has 0 aliphatic rings. The van der Waals surface area contributed by atoms with E-state index in [2.05, 4.69) is 0 Å². The molecule has 22 heavy (non-hydrogen) atoms. The van der Waals surface area contributed by atoms with Crippen LogP contribution in [0.2, 0.25) is 0 Å². The molecule has 0 saturated heterocycles. The average molecular weight is 379 g/mol. The summed E-state index contributed by atoms with van der Waals surface area (Å²) in [6.45, 7) is 5.53. The molecule has 0 fully saturated rings. The monoisotopic (exact) mass is 378 g/mol. The maximum atomic E-state index is 9.00. The first-order chi connectivity index (χ1) is 8.84. The Hall–Kier alpha value is 1.07. The van der Waals surface area contributed by atoms with Crippen molar-refractivity contribution >= 4 is 127 Å². The van der Waals surface area contributed by atoms with Crippen molar-refractivity contribution in [2.24, 2.45) is 11.5 Å². The molecule has 0 spiro atoms. The number of aliphatic carboxylic acids is 4. The minimum absolute atomic E-state index is 0. The normalized spacial score (nSPS) is 5.91. The zero-order valence-corrected chi connectivity index (χ0v) is 20.2. The molecule has 0 amide bonds. The van der Waals surface area contributed by atoms with Crippen molar-refractivity contribution in [3.63, 3.8) is 0 Å². The van der Waals surface area contributed by atoms with Crippen LogP contribution in [0, 0.1) is 0 Å². The first-order valence-corrected chi connectivity index (χ1v) is 5.03. The summed E-state index contributed by atoms with van der Waals surface area (Å²) in [5.41, 5.74) is 9.81. The number of carboxylic acid groups (broad SMARTS) is 4. The first kappa shape index (κ1) is 43.5. The molecular formula is C10H24K2N2O8. The summed E-state index contributed by atoms with van der Waals surface area (Å²) in [4.78, 5) is 36.0. The Morgan fingerprint density at radius 3 is 0.636 bits per heavy atom. The van der Waals surface area contributed by atoms with Gasteiger partial charge in [-0.15, -0.1) is 0 Å². The third kappa shape index (κ3) is 1980. The van der Waals surface area contributed by atoms with Crippen molar-refractivity contribution in [2.45, 2.75) is 27.7 Å². The maximum absolute atomic E-state index is 9.00. The predicted molar refractivity (Wildman–Crippen MR) is 82.9 cm³/mol. The number of rotatable bonds is 1. The van der Waals surface area contributed by atoms with Crippen LogP contribution in [0.15, 0.2) is 0 Å². The molecule has 0 heterocycles. The molecule has 10 nitrogen and oxygen atoms in total. The Bertz CT molecular complexity index is 199. The van der Waals surface area contributed by atoms with E-state index < -0.39 is 23.9 Å². The quantitative estimate of drug-likeness (QED) is 0.292. The molecule has 0 rings (SSSR count). The van der Waals surface area contributed by atoms with Crippen molar-refractivity contribution in [3.8, 4) is 0 Å². The second kappa shape index (κ2) is 43.1. The van der Waals surface area contributed by atoms with Gasteiger partial charge in [0, 0.05) is 144 Å². The van der Waals surface area contributed by atoms with Gasteiger partial charge < -0.3 is 31.9 Å². The topological polar surface area (TPSA) is 201 Å². The summed E-state index contributed by atoms with van der Waals surface area (Å²) in [6, 6.07) is 0. The third-order valence-electron chi connectivity index (χ3n) is 0.167. The van der Waals surface area contributed by atoms with Crippen LogP contribution < -0.4 is 11.5 Å². The van der Waals surface area contributed by atoms with Crippen LogP contribution in [0.3, 0.4) is 0 Å². The number of carboxylic acids is 4. The summed E-state index contributed by atoms with van der Waals surface area (Å²) in [7, 11) is 0. The molecule has 2 radical (unpaired) electrons. The number of nitrogens with two attached hydrogens (primary N) is 2. The molecule has 12 heteroatoms. The van der Waals surface area contributed by atoms with Gasteiger partial charge in [-0.1, -0.05) is 0 Å². The molecule has 0 bridgehead atoms. The summed E-state index contributed by atoms with van der Waals surface area (Å²) in [6.07, 6.45) is 0. The van der Waals surface area contributed by atoms with Gasteiger partial charge >= 0.3 is 0 Å². The van der Waals surface area contributed by atoms with Crippen molar-refractivity contribution in [3.05, 3.63) is 0 Å². The molecule has 0 aromatic rings. The average Bonchev–Trinajstić information content (AvgIpc) is 2.13. The summed E-state index contributed by atoms with van der Waals surface area (Å²) in [5, 5.41) is 29.7. The van der Waals surface area contributed by atoms with Crippen LogP contribution in [0.1, 0.15) is 27.7 Å². The van der Waals surface area contributed by atoms with Crippen LogP contribution in [0.4, 0.5) is 0 Å². The Morgan fingerprint density at radius 1 is 0.591 bits per heavy atom. The van der Waals surface area contributed by atoms with E-state index in [1.807, 2.05) is 0 Å². The summed E-state index contributed by atoms with van der Waals surface area (Å²) < 4.78 is 0. The fourth-order valence-electron chi connectivity index (χ4n) is 0. The second-order valence-electron chi connectivity index (χ2n) is 2.65. The van der Waals surface area contributed by atoms with E-state index in [4.69, 9.17) is 51.1 Å². The van der Waals surface area contributed by atoms with Gasteiger partial charge in [-0.25, -0.2) is 0 Å². The smallest absolute Gasteiger partial charge is 0.300 e. The van der Waals surface area contributed by atoms with Gasteiger partial charge in [0.25, 0.3) is 23.9 Å². The summed E-state index contributed by atoms with van der Waals surface area (Å²) >= 11 is 0. The van der Waals surface area contributed by atoms with E-state index in [1.165, 1.54) is 0 Å². The fraction of sp³-hybridized carbons (Fsp3) is 0.600. The van der Waals surface area contributed by atoms with Gasteiger partial charge in [0.2, 0.25) is 0 Å². The van der Waals surface area contributed by atoms with E-state index in [0.29, 0.717) is 13.1 Å². The zero-order chi connectivity index (χ0) is 17.7. The Kier molecular flexibility index (Phi) is 85.3. The molecular weight excluding hydrogens is 354 g/mol.